The maximum Gasteiger partial charge on any atom is 0.319 e. The fraction of sp³-hybridized carbons (Fsp3) is 0.444. The molecule has 0 radical (unpaired) electrons. The highest BCUT2D eigenvalue weighted by Crippen LogP contribution is 2.32. The number of urea groups is 1. The average molecular weight is 351 g/mol. The third kappa shape index (κ3) is 4.09. The lowest BCUT2D eigenvalue weighted by Gasteiger charge is -2.35. The molecule has 1 fully saturated rings. The molecule has 2 N–H and O–H groups in total. The number of hydrogen-bond donors (Lipinski definition) is 2. The van der Waals surface area contributed by atoms with Gasteiger partial charge in [0.25, 0.3) is 0 Å². The van der Waals surface area contributed by atoms with E-state index in [9.17, 15) is 9.59 Å². The lowest BCUT2D eigenvalue weighted by atomic mass is 9.87. The van der Waals surface area contributed by atoms with E-state index in [0.29, 0.717) is 10.7 Å². The molecule has 3 atom stereocenters. The van der Waals surface area contributed by atoms with E-state index in [0.717, 1.165) is 5.56 Å². The first-order valence-corrected chi connectivity index (χ1v) is 8.19. The van der Waals surface area contributed by atoms with Crippen molar-refractivity contribution < 1.29 is 14.3 Å². The normalized spacial score (nSPS) is 22.4. The van der Waals surface area contributed by atoms with Gasteiger partial charge in [-0.1, -0.05) is 51.1 Å². The molecule has 1 saturated heterocycles. The van der Waals surface area contributed by atoms with Crippen molar-refractivity contribution >= 4 is 23.6 Å². The van der Waals surface area contributed by atoms with Gasteiger partial charge in [0, 0.05) is 10.7 Å². The van der Waals surface area contributed by atoms with Crippen molar-refractivity contribution in [3.05, 3.63) is 47.1 Å². The quantitative estimate of drug-likeness (QED) is 0.815. The summed E-state index contributed by atoms with van der Waals surface area (Å²) in [5.74, 6) is -1.14. The molecule has 6 heteroatoms. The maximum absolute atomic E-state index is 12.7. The van der Waals surface area contributed by atoms with Crippen LogP contribution in [-0.2, 0) is 9.53 Å². The zero-order valence-electron chi connectivity index (χ0n) is 14.4. The number of carbonyl (C=O) groups is 2. The van der Waals surface area contributed by atoms with Gasteiger partial charge in [-0.05, 0) is 30.0 Å². The molecule has 0 saturated carbocycles. The molecule has 1 aromatic rings. The average Bonchev–Trinajstić information content (AvgIpc) is 2.45. The lowest BCUT2D eigenvalue weighted by molar-refractivity contribution is -0.158. The SMILES string of the molecule is C=C1NC(=O)NC(c2ccc(Cl)cc2)C1C(=O)OC(C)C(C)(C)C. The Labute approximate surface area is 147 Å². The van der Waals surface area contributed by atoms with Crippen LogP contribution in [0.5, 0.6) is 0 Å². The summed E-state index contributed by atoms with van der Waals surface area (Å²) in [6, 6.07) is 6.04. The van der Waals surface area contributed by atoms with E-state index in [-0.39, 0.29) is 11.5 Å². The highest BCUT2D eigenvalue weighted by Gasteiger charge is 2.40. The lowest BCUT2D eigenvalue weighted by Crippen LogP contribution is -2.51. The van der Waals surface area contributed by atoms with Crippen molar-refractivity contribution in [2.24, 2.45) is 11.3 Å². The zero-order valence-corrected chi connectivity index (χ0v) is 15.1. The fourth-order valence-corrected chi connectivity index (χ4v) is 2.46. The third-order valence-corrected chi connectivity index (χ3v) is 4.52. The van der Waals surface area contributed by atoms with Gasteiger partial charge in [-0.2, -0.15) is 0 Å². The molecule has 1 aliphatic rings. The molecule has 0 spiro atoms. The number of benzene rings is 1. The smallest absolute Gasteiger partial charge is 0.319 e. The van der Waals surface area contributed by atoms with Crippen LogP contribution in [0.3, 0.4) is 0 Å². The number of rotatable bonds is 3. The Morgan fingerprint density at radius 3 is 2.42 bits per heavy atom. The molecule has 0 aliphatic carbocycles. The van der Waals surface area contributed by atoms with Crippen LogP contribution in [0.4, 0.5) is 4.79 Å². The van der Waals surface area contributed by atoms with Crippen molar-refractivity contribution in [2.45, 2.75) is 39.8 Å². The number of amides is 2. The first kappa shape index (κ1) is 18.3. The standard InChI is InChI=1S/C18H23ClN2O3/c1-10-14(16(22)24-11(2)18(3,4)5)15(21-17(23)20-10)12-6-8-13(19)9-7-12/h6-9,11,14-15H,1H2,2-5H3,(H2,20,21,23). The van der Waals surface area contributed by atoms with Crippen molar-refractivity contribution in [1.82, 2.24) is 10.6 Å². The van der Waals surface area contributed by atoms with Crippen LogP contribution in [0.1, 0.15) is 39.3 Å². The highest BCUT2D eigenvalue weighted by atomic mass is 35.5. The molecule has 0 aromatic heterocycles. The highest BCUT2D eigenvalue weighted by molar-refractivity contribution is 6.30. The first-order valence-electron chi connectivity index (χ1n) is 7.82. The summed E-state index contributed by atoms with van der Waals surface area (Å²) in [4.78, 5) is 24.5. The van der Waals surface area contributed by atoms with Crippen LogP contribution >= 0.6 is 11.6 Å². The monoisotopic (exact) mass is 350 g/mol. The Balaban J connectivity index is 2.28. The van der Waals surface area contributed by atoms with Gasteiger partial charge in [0.05, 0.1) is 6.04 Å². The van der Waals surface area contributed by atoms with Crippen molar-refractivity contribution in [2.75, 3.05) is 0 Å². The largest absolute Gasteiger partial charge is 0.462 e. The third-order valence-electron chi connectivity index (χ3n) is 4.26. The van der Waals surface area contributed by atoms with Crippen LogP contribution in [0, 0.1) is 11.3 Å². The second-order valence-electron chi connectivity index (χ2n) is 7.08. The summed E-state index contributed by atoms with van der Waals surface area (Å²) in [5.41, 5.74) is 0.906. The van der Waals surface area contributed by atoms with Crippen LogP contribution in [-0.4, -0.2) is 18.1 Å². The molecule has 0 bridgehead atoms. The van der Waals surface area contributed by atoms with E-state index < -0.39 is 24.0 Å². The van der Waals surface area contributed by atoms with Crippen molar-refractivity contribution in [3.8, 4) is 0 Å². The Kier molecular flexibility index (Phi) is 5.23. The molecule has 1 aliphatic heterocycles. The zero-order chi connectivity index (χ0) is 18.1. The Hall–Kier alpha value is -2.01. The number of halogens is 1. The number of carbonyl (C=O) groups excluding carboxylic acids is 2. The first-order chi connectivity index (χ1) is 11.1. The molecular weight excluding hydrogens is 328 g/mol. The number of nitrogens with one attached hydrogen (secondary N) is 2. The van der Waals surface area contributed by atoms with Gasteiger partial charge < -0.3 is 15.4 Å². The summed E-state index contributed by atoms with van der Waals surface area (Å²) in [5, 5.41) is 5.91. The molecular formula is C18H23ClN2O3. The van der Waals surface area contributed by atoms with E-state index in [1.165, 1.54) is 0 Å². The van der Waals surface area contributed by atoms with Crippen molar-refractivity contribution in [1.29, 1.82) is 0 Å². The Morgan fingerprint density at radius 1 is 1.29 bits per heavy atom. The number of ether oxygens (including phenoxy) is 1. The Morgan fingerprint density at radius 2 is 1.88 bits per heavy atom. The van der Waals surface area contributed by atoms with Gasteiger partial charge in [0.15, 0.2) is 0 Å². The molecule has 3 unspecified atom stereocenters. The summed E-state index contributed by atoms with van der Waals surface area (Å²) in [6.07, 6.45) is -0.277. The van der Waals surface area contributed by atoms with Gasteiger partial charge in [-0.15, -0.1) is 0 Å². The topological polar surface area (TPSA) is 67.4 Å². The Bertz CT molecular complexity index is 649. The van der Waals surface area contributed by atoms with Crippen molar-refractivity contribution in [3.63, 3.8) is 0 Å². The molecule has 5 nitrogen and oxygen atoms in total. The van der Waals surface area contributed by atoms with E-state index in [2.05, 4.69) is 17.2 Å². The predicted molar refractivity (Wildman–Crippen MR) is 93.5 cm³/mol. The minimum Gasteiger partial charge on any atom is -0.462 e. The molecule has 130 valence electrons. The molecule has 1 heterocycles. The summed E-state index contributed by atoms with van der Waals surface area (Å²) < 4.78 is 5.62. The molecule has 1 aromatic carbocycles. The van der Waals surface area contributed by atoms with E-state index >= 15 is 0 Å². The number of esters is 1. The van der Waals surface area contributed by atoms with Gasteiger partial charge in [-0.3, -0.25) is 4.79 Å². The molecule has 2 rings (SSSR count). The van der Waals surface area contributed by atoms with Gasteiger partial charge >= 0.3 is 12.0 Å². The van der Waals surface area contributed by atoms with Gasteiger partial charge in [0.2, 0.25) is 0 Å². The number of hydrogen-bond acceptors (Lipinski definition) is 3. The second-order valence-corrected chi connectivity index (χ2v) is 7.51. The van der Waals surface area contributed by atoms with Crippen LogP contribution in [0.15, 0.2) is 36.5 Å². The molecule has 24 heavy (non-hydrogen) atoms. The van der Waals surface area contributed by atoms with E-state index in [1.54, 1.807) is 24.3 Å². The summed E-state index contributed by atoms with van der Waals surface area (Å²) in [6.45, 7) is 11.7. The maximum atomic E-state index is 12.7. The minimum atomic E-state index is -0.714. The van der Waals surface area contributed by atoms with E-state index in [4.69, 9.17) is 16.3 Å². The van der Waals surface area contributed by atoms with Crippen LogP contribution in [0.25, 0.3) is 0 Å². The van der Waals surface area contributed by atoms with Gasteiger partial charge in [0.1, 0.15) is 12.0 Å². The van der Waals surface area contributed by atoms with E-state index in [1.807, 2.05) is 27.7 Å². The minimum absolute atomic E-state index is 0.182. The molecule has 2 amide bonds. The predicted octanol–water partition coefficient (Wildman–Crippen LogP) is 3.80. The fourth-order valence-electron chi connectivity index (χ4n) is 2.33. The van der Waals surface area contributed by atoms with Crippen LogP contribution in [0.2, 0.25) is 5.02 Å². The van der Waals surface area contributed by atoms with Gasteiger partial charge in [-0.25, -0.2) is 4.79 Å². The second kappa shape index (κ2) is 6.85. The summed E-state index contributed by atoms with van der Waals surface area (Å²) >= 11 is 5.92. The van der Waals surface area contributed by atoms with Crippen LogP contribution < -0.4 is 10.6 Å². The summed E-state index contributed by atoms with van der Waals surface area (Å²) in [7, 11) is 0.